The van der Waals surface area contributed by atoms with Gasteiger partial charge in [-0.25, -0.2) is 0 Å². The number of aromatic nitrogens is 2. The number of hydroxylamine groups is 3. The molecular weight excluding hydrogens is 326 g/mol. The third-order valence-corrected chi connectivity index (χ3v) is 5.51. The quantitative estimate of drug-likeness (QED) is 0.582. The minimum Gasteiger partial charge on any atom is -0.633 e. The Morgan fingerprint density at radius 1 is 1.35 bits per heavy atom. The van der Waals surface area contributed by atoms with E-state index >= 15 is 0 Å². The summed E-state index contributed by atoms with van der Waals surface area (Å²) in [6.45, 7) is 5.39. The lowest BCUT2D eigenvalue weighted by molar-refractivity contribution is -0.876. The van der Waals surface area contributed by atoms with Gasteiger partial charge in [0.1, 0.15) is 12.1 Å². The molecule has 0 radical (unpaired) electrons. The molecule has 1 aliphatic rings. The molecule has 1 N–H and O–H groups in total. The highest BCUT2D eigenvalue weighted by Crippen LogP contribution is 2.35. The smallest absolute Gasteiger partial charge is 0.106 e. The van der Waals surface area contributed by atoms with Crippen LogP contribution in [0.2, 0.25) is 0 Å². The fourth-order valence-corrected chi connectivity index (χ4v) is 4.07. The maximum absolute atomic E-state index is 12.6. The van der Waals surface area contributed by atoms with Crippen LogP contribution in [0.3, 0.4) is 0 Å². The summed E-state index contributed by atoms with van der Waals surface area (Å²) in [5.41, 5.74) is 4.35. The highest BCUT2D eigenvalue weighted by Gasteiger charge is 2.31. The zero-order chi connectivity index (χ0) is 18.5. The molecule has 136 valence electrons. The van der Waals surface area contributed by atoms with E-state index in [1.165, 1.54) is 11.3 Å². The molecule has 2 atom stereocenters. The summed E-state index contributed by atoms with van der Waals surface area (Å²) < 4.78 is 1.97. The van der Waals surface area contributed by atoms with Crippen LogP contribution in [0.4, 0.5) is 0 Å². The first kappa shape index (κ1) is 17.2. The number of aliphatic hydroxyl groups is 1. The van der Waals surface area contributed by atoms with Gasteiger partial charge in [-0.05, 0) is 32.0 Å². The standard InChI is InChI=1S/C21H25N3O2/c1-15-6-7-19-17(11-15)18-13-24(3,26)10-8-20(18)23(19)14-21(2,25)16-5-4-9-22-12-16/h4-7,9,11-12,25H,8,10,13-14H2,1-3H3. The van der Waals surface area contributed by atoms with Gasteiger partial charge in [-0.3, -0.25) is 4.98 Å². The first-order chi connectivity index (χ1) is 12.3. The third-order valence-electron chi connectivity index (χ3n) is 5.51. The number of nitrogens with zero attached hydrogens (tertiary/aromatic N) is 3. The van der Waals surface area contributed by atoms with E-state index in [0.717, 1.165) is 28.5 Å². The highest BCUT2D eigenvalue weighted by molar-refractivity contribution is 5.86. The summed E-state index contributed by atoms with van der Waals surface area (Å²) in [5.74, 6) is 0. The lowest BCUT2D eigenvalue weighted by Gasteiger charge is -2.42. The van der Waals surface area contributed by atoms with E-state index in [2.05, 4.69) is 34.7 Å². The van der Waals surface area contributed by atoms with Crippen molar-refractivity contribution in [1.82, 2.24) is 9.55 Å². The third kappa shape index (κ3) is 2.92. The molecular formula is C21H25N3O2. The lowest BCUT2D eigenvalue weighted by atomic mass is 9.97. The molecule has 5 nitrogen and oxygen atoms in total. The van der Waals surface area contributed by atoms with Crippen LogP contribution in [0.25, 0.3) is 10.9 Å². The zero-order valence-corrected chi connectivity index (χ0v) is 15.6. The Hall–Kier alpha value is -2.21. The molecule has 4 rings (SSSR count). The number of hydrogen-bond acceptors (Lipinski definition) is 3. The predicted octanol–water partition coefficient (Wildman–Crippen LogP) is 3.25. The van der Waals surface area contributed by atoms with Crippen LogP contribution in [-0.2, 0) is 25.1 Å². The maximum Gasteiger partial charge on any atom is 0.106 e. The molecule has 1 aromatic carbocycles. The van der Waals surface area contributed by atoms with Crippen molar-refractivity contribution in [3.8, 4) is 0 Å². The van der Waals surface area contributed by atoms with Gasteiger partial charge in [0, 0.05) is 46.5 Å². The van der Waals surface area contributed by atoms with Gasteiger partial charge in [-0.1, -0.05) is 17.7 Å². The first-order valence-corrected chi connectivity index (χ1v) is 9.06. The van der Waals surface area contributed by atoms with Gasteiger partial charge in [0.2, 0.25) is 0 Å². The molecule has 0 bridgehead atoms. The first-order valence-electron chi connectivity index (χ1n) is 9.06. The van der Waals surface area contributed by atoms with Crippen molar-refractivity contribution < 1.29 is 9.75 Å². The van der Waals surface area contributed by atoms with E-state index in [0.29, 0.717) is 19.6 Å². The minimum atomic E-state index is -1.04. The molecule has 0 fully saturated rings. The monoisotopic (exact) mass is 351 g/mol. The Labute approximate surface area is 153 Å². The molecule has 26 heavy (non-hydrogen) atoms. The maximum atomic E-state index is 12.6. The van der Waals surface area contributed by atoms with Crippen LogP contribution in [0.1, 0.15) is 29.3 Å². The van der Waals surface area contributed by atoms with Crippen molar-refractivity contribution in [2.24, 2.45) is 0 Å². The number of pyridine rings is 1. The van der Waals surface area contributed by atoms with Crippen molar-refractivity contribution in [3.05, 3.63) is 70.3 Å². The number of aryl methyl sites for hydroxylation is 1. The van der Waals surface area contributed by atoms with E-state index in [1.807, 2.05) is 19.1 Å². The van der Waals surface area contributed by atoms with Crippen molar-refractivity contribution in [2.45, 2.75) is 39.0 Å². The Balaban J connectivity index is 1.86. The molecule has 3 aromatic rings. The van der Waals surface area contributed by atoms with Gasteiger partial charge in [-0.2, -0.15) is 0 Å². The topological polar surface area (TPSA) is 61.1 Å². The van der Waals surface area contributed by atoms with Gasteiger partial charge in [0.25, 0.3) is 0 Å². The molecule has 2 aromatic heterocycles. The Bertz CT molecular complexity index is 958. The van der Waals surface area contributed by atoms with Crippen LogP contribution in [0, 0.1) is 12.1 Å². The normalized spacial score (nSPS) is 22.2. The molecule has 0 spiro atoms. The van der Waals surface area contributed by atoms with Crippen LogP contribution in [0.5, 0.6) is 0 Å². The van der Waals surface area contributed by atoms with Gasteiger partial charge in [0.15, 0.2) is 0 Å². The Kier molecular flexibility index (Phi) is 3.91. The number of likely N-dealkylation sites (N-methyl/N-ethyl adjacent to an activating group) is 1. The molecule has 2 unspecified atom stereocenters. The van der Waals surface area contributed by atoms with E-state index in [9.17, 15) is 10.3 Å². The molecule has 0 amide bonds. The summed E-state index contributed by atoms with van der Waals surface area (Å²) in [6, 6.07) is 10.1. The second kappa shape index (κ2) is 5.91. The number of quaternary nitrogens is 1. The van der Waals surface area contributed by atoms with E-state index in [4.69, 9.17) is 0 Å². The zero-order valence-electron chi connectivity index (χ0n) is 15.6. The lowest BCUT2D eigenvalue weighted by Crippen LogP contribution is -2.42. The van der Waals surface area contributed by atoms with E-state index in [1.54, 1.807) is 19.4 Å². The Morgan fingerprint density at radius 3 is 2.88 bits per heavy atom. The summed E-state index contributed by atoms with van der Waals surface area (Å²) in [6.07, 6.45) is 4.16. The fraction of sp³-hybridized carbons (Fsp3) is 0.381. The van der Waals surface area contributed by atoms with Crippen molar-refractivity contribution in [3.63, 3.8) is 0 Å². The molecule has 3 heterocycles. The van der Waals surface area contributed by atoms with Crippen LogP contribution >= 0.6 is 0 Å². The molecule has 1 aliphatic heterocycles. The van der Waals surface area contributed by atoms with Gasteiger partial charge < -0.3 is 19.5 Å². The summed E-state index contributed by atoms with van der Waals surface area (Å²) >= 11 is 0. The van der Waals surface area contributed by atoms with E-state index in [-0.39, 0.29) is 4.65 Å². The molecule has 0 aliphatic carbocycles. The molecule has 0 saturated heterocycles. The van der Waals surface area contributed by atoms with Gasteiger partial charge >= 0.3 is 0 Å². The molecule has 5 heteroatoms. The Morgan fingerprint density at radius 2 is 2.15 bits per heavy atom. The predicted molar refractivity (Wildman–Crippen MR) is 102 cm³/mol. The van der Waals surface area contributed by atoms with Gasteiger partial charge in [-0.15, -0.1) is 0 Å². The van der Waals surface area contributed by atoms with Crippen molar-refractivity contribution in [1.29, 1.82) is 0 Å². The summed E-state index contributed by atoms with van der Waals surface area (Å²) in [7, 11) is 1.74. The minimum absolute atomic E-state index is 0.237. The molecule has 0 saturated carbocycles. The van der Waals surface area contributed by atoms with Gasteiger partial charge in [0.05, 0.1) is 20.1 Å². The second-order valence-corrected chi connectivity index (χ2v) is 7.98. The van der Waals surface area contributed by atoms with Crippen molar-refractivity contribution >= 4 is 10.9 Å². The van der Waals surface area contributed by atoms with Crippen LogP contribution < -0.4 is 0 Å². The largest absolute Gasteiger partial charge is 0.633 e. The SMILES string of the molecule is Cc1ccc2c(c1)c1c(n2CC(C)(O)c2cccnc2)CC[N+](C)([O-])C1. The average molecular weight is 351 g/mol. The number of rotatable bonds is 3. The summed E-state index contributed by atoms with van der Waals surface area (Å²) in [5, 5.41) is 24.9. The highest BCUT2D eigenvalue weighted by atomic mass is 16.5. The fourth-order valence-electron chi connectivity index (χ4n) is 4.07. The van der Waals surface area contributed by atoms with E-state index < -0.39 is 5.60 Å². The number of benzene rings is 1. The average Bonchev–Trinajstić information content (AvgIpc) is 2.87. The number of fused-ring (bicyclic) bond motifs is 3. The van der Waals surface area contributed by atoms with Crippen LogP contribution in [-0.4, -0.2) is 32.9 Å². The number of hydrogen-bond donors (Lipinski definition) is 1. The second-order valence-electron chi connectivity index (χ2n) is 7.98. The van der Waals surface area contributed by atoms with Crippen LogP contribution in [0.15, 0.2) is 42.7 Å². The van der Waals surface area contributed by atoms with Crippen molar-refractivity contribution in [2.75, 3.05) is 13.6 Å². The summed E-state index contributed by atoms with van der Waals surface area (Å²) in [4.78, 5) is 4.15.